The fraction of sp³-hybridized carbons (Fsp3) is 0.333. The van der Waals surface area contributed by atoms with Gasteiger partial charge in [-0.2, -0.15) is 4.98 Å². The maximum Gasteiger partial charge on any atom is 0.263 e. The minimum atomic E-state index is -2.57. The molecule has 1 atom stereocenters. The molecular formula is C39H41BrClN8O6P. The number of nitrogens with zero attached hydrogens (tertiary/aromatic N) is 5. The number of para-hydroxylation sites is 1. The monoisotopic (exact) mass is 862 g/mol. The molecule has 3 N–H and O–H groups in total. The largest absolute Gasteiger partial charge is 0.494 e. The van der Waals surface area contributed by atoms with Crippen LogP contribution in [0.1, 0.15) is 52.0 Å². The average Bonchev–Trinajstić information content (AvgIpc) is 3.41. The van der Waals surface area contributed by atoms with Gasteiger partial charge in [0.05, 0.1) is 35.8 Å². The molecule has 1 unspecified atom stereocenters. The molecule has 17 heteroatoms. The van der Waals surface area contributed by atoms with E-state index in [1.165, 1.54) is 6.20 Å². The normalized spacial score (nSPS) is 17.7. The summed E-state index contributed by atoms with van der Waals surface area (Å²) in [4.78, 5) is 65.4. The molecule has 1 aromatic heterocycles. The first kappa shape index (κ1) is 39.4. The Labute approximate surface area is 337 Å². The number of halogens is 2. The van der Waals surface area contributed by atoms with E-state index in [0.717, 1.165) is 42.1 Å². The predicted octanol–water partition coefficient (Wildman–Crippen LogP) is 6.14. The molecule has 3 aliphatic rings. The zero-order valence-electron chi connectivity index (χ0n) is 31.3. The minimum Gasteiger partial charge on any atom is -0.494 e. The van der Waals surface area contributed by atoms with Crippen LogP contribution >= 0.6 is 34.7 Å². The third-order valence-electron chi connectivity index (χ3n) is 10.4. The molecule has 292 valence electrons. The number of rotatable bonds is 11. The van der Waals surface area contributed by atoms with Crippen LogP contribution in [0.25, 0.3) is 0 Å². The number of piperidine rings is 2. The molecular weight excluding hydrogens is 823 g/mol. The quantitative estimate of drug-likeness (QED) is 0.117. The third kappa shape index (κ3) is 8.04. The number of anilines is 5. The van der Waals surface area contributed by atoms with Gasteiger partial charge < -0.3 is 24.8 Å². The Morgan fingerprint density at radius 1 is 1.00 bits per heavy atom. The van der Waals surface area contributed by atoms with Crippen molar-refractivity contribution in [1.29, 1.82) is 0 Å². The lowest BCUT2D eigenvalue weighted by molar-refractivity contribution is -0.136. The van der Waals surface area contributed by atoms with Gasteiger partial charge in [0.2, 0.25) is 17.8 Å². The van der Waals surface area contributed by atoms with Gasteiger partial charge in [-0.05, 0) is 97.5 Å². The van der Waals surface area contributed by atoms with Crippen molar-refractivity contribution in [1.82, 2.24) is 25.1 Å². The van der Waals surface area contributed by atoms with Gasteiger partial charge in [0.15, 0.2) is 5.82 Å². The van der Waals surface area contributed by atoms with Crippen LogP contribution in [0, 0.1) is 0 Å². The third-order valence-corrected chi connectivity index (χ3v) is 12.8. The first-order valence-electron chi connectivity index (χ1n) is 18.1. The first-order valence-corrected chi connectivity index (χ1v) is 21.9. The standard InChI is InChI=1S/C39H41BrClN8O6P/c1-47(21-22-17-25-34(26(40)18-22)38(53)49(37(25)52)30-11-12-33(50)45-36(30)51)23-13-15-48(16-14-23)24-9-10-28(31(19-24)55-2)44-39-42-20-27(41)35(46-39)43-29-7-5-6-8-32(29)56(3,4)54/h5-10,17-20,23,30H,11-16,21H2,1-4H3,(H,45,50,51)(H2,42,43,44,46). The Hall–Kier alpha value is -4.82. The van der Waals surface area contributed by atoms with Crippen molar-refractivity contribution in [2.24, 2.45) is 0 Å². The summed E-state index contributed by atoms with van der Waals surface area (Å²) >= 11 is 9.97. The van der Waals surface area contributed by atoms with E-state index in [-0.39, 0.29) is 30.0 Å². The minimum absolute atomic E-state index is 0.0664. The Balaban J connectivity index is 0.980. The van der Waals surface area contributed by atoms with Crippen molar-refractivity contribution >= 4 is 92.4 Å². The van der Waals surface area contributed by atoms with Crippen molar-refractivity contribution in [3.63, 3.8) is 0 Å². The van der Waals surface area contributed by atoms with Gasteiger partial charge in [-0.3, -0.25) is 34.3 Å². The molecule has 56 heavy (non-hydrogen) atoms. The van der Waals surface area contributed by atoms with Gasteiger partial charge in [0.1, 0.15) is 24.0 Å². The highest BCUT2D eigenvalue weighted by Crippen LogP contribution is 2.39. The molecule has 3 aliphatic heterocycles. The van der Waals surface area contributed by atoms with Gasteiger partial charge in [0.25, 0.3) is 11.8 Å². The molecule has 0 aliphatic carbocycles. The van der Waals surface area contributed by atoms with E-state index < -0.39 is 36.8 Å². The van der Waals surface area contributed by atoms with Crippen LogP contribution in [0.2, 0.25) is 5.02 Å². The highest BCUT2D eigenvalue weighted by Gasteiger charge is 2.45. The number of carbonyl (C=O) groups excluding carboxylic acids is 4. The molecule has 0 bridgehead atoms. The second-order valence-corrected chi connectivity index (χ2v) is 18.9. The highest BCUT2D eigenvalue weighted by molar-refractivity contribution is 9.10. The summed E-state index contributed by atoms with van der Waals surface area (Å²) in [5.41, 5.74) is 3.71. The van der Waals surface area contributed by atoms with E-state index >= 15 is 0 Å². The number of imide groups is 2. The Bertz CT molecular complexity index is 2300. The van der Waals surface area contributed by atoms with E-state index in [1.54, 1.807) is 26.5 Å². The number of ether oxygens (including phenoxy) is 1. The summed E-state index contributed by atoms with van der Waals surface area (Å²) in [5, 5.41) is 9.71. The van der Waals surface area contributed by atoms with Gasteiger partial charge in [-0.25, -0.2) is 4.98 Å². The number of hydrogen-bond donors (Lipinski definition) is 3. The zero-order valence-corrected chi connectivity index (χ0v) is 34.5. The smallest absolute Gasteiger partial charge is 0.263 e. The summed E-state index contributed by atoms with van der Waals surface area (Å²) < 4.78 is 19.2. The van der Waals surface area contributed by atoms with Crippen molar-refractivity contribution in [3.05, 3.63) is 87.0 Å². The Morgan fingerprint density at radius 2 is 1.75 bits per heavy atom. The van der Waals surface area contributed by atoms with Gasteiger partial charge in [-0.1, -0.05) is 23.7 Å². The maximum absolute atomic E-state index is 13.4. The molecule has 4 aromatic rings. The van der Waals surface area contributed by atoms with Crippen LogP contribution in [0.15, 0.2) is 65.3 Å². The fourth-order valence-corrected chi connectivity index (χ4v) is 9.44. The lowest BCUT2D eigenvalue weighted by atomic mass is 10.0. The first-order chi connectivity index (χ1) is 26.7. The van der Waals surface area contributed by atoms with Gasteiger partial charge >= 0.3 is 0 Å². The summed E-state index contributed by atoms with van der Waals surface area (Å²) in [5.74, 6) is -0.818. The lowest BCUT2D eigenvalue weighted by Gasteiger charge is -2.38. The molecule has 3 aromatic carbocycles. The maximum atomic E-state index is 13.4. The van der Waals surface area contributed by atoms with Crippen molar-refractivity contribution < 1.29 is 28.5 Å². The van der Waals surface area contributed by atoms with Crippen LogP contribution in [0.4, 0.5) is 28.8 Å². The summed E-state index contributed by atoms with van der Waals surface area (Å²) in [6.45, 7) is 5.61. The summed E-state index contributed by atoms with van der Waals surface area (Å²) in [7, 11) is 1.10. The topological polar surface area (TPSA) is 166 Å². The number of carbonyl (C=O) groups is 4. The molecule has 4 amide bonds. The molecule has 2 saturated heterocycles. The van der Waals surface area contributed by atoms with Crippen molar-refractivity contribution in [3.8, 4) is 5.75 Å². The van der Waals surface area contributed by atoms with E-state index in [2.05, 4.69) is 58.7 Å². The Morgan fingerprint density at radius 3 is 2.46 bits per heavy atom. The van der Waals surface area contributed by atoms with Crippen molar-refractivity contribution in [2.75, 3.05) is 56.1 Å². The van der Waals surface area contributed by atoms with Crippen LogP contribution in [0.5, 0.6) is 5.75 Å². The van der Waals surface area contributed by atoms with Crippen LogP contribution < -0.4 is 30.9 Å². The number of amides is 4. The molecule has 7 rings (SSSR count). The average molecular weight is 864 g/mol. The Kier molecular flexibility index (Phi) is 11.2. The van der Waals surface area contributed by atoms with Crippen LogP contribution in [-0.2, 0) is 20.7 Å². The van der Waals surface area contributed by atoms with E-state index in [4.69, 9.17) is 16.3 Å². The highest BCUT2D eigenvalue weighted by atomic mass is 79.9. The number of benzene rings is 3. The number of nitrogens with one attached hydrogen (secondary N) is 3. The van der Waals surface area contributed by atoms with Crippen LogP contribution in [0.3, 0.4) is 0 Å². The second kappa shape index (κ2) is 16.0. The van der Waals surface area contributed by atoms with E-state index in [1.807, 2.05) is 48.5 Å². The second-order valence-electron chi connectivity index (χ2n) is 14.5. The molecule has 4 heterocycles. The SMILES string of the molecule is COc1cc(N2CCC(N(C)Cc3cc(Br)c4c(c3)C(=O)N(C3CCC(=O)NC3=O)C4=O)CC2)ccc1Nc1ncc(Cl)c(Nc2ccccc2P(C)(C)=O)n1. The molecule has 0 saturated carbocycles. The number of fused-ring (bicyclic) bond motifs is 1. The van der Waals surface area contributed by atoms with Gasteiger partial charge in [0, 0.05) is 53.6 Å². The van der Waals surface area contributed by atoms with E-state index in [0.29, 0.717) is 50.2 Å². The molecule has 14 nitrogen and oxygen atoms in total. The van der Waals surface area contributed by atoms with Crippen molar-refractivity contribution in [2.45, 2.75) is 44.3 Å². The summed E-state index contributed by atoms with van der Waals surface area (Å²) in [6, 6.07) is 16.2. The number of methoxy groups -OCH3 is 1. The van der Waals surface area contributed by atoms with E-state index in [9.17, 15) is 23.7 Å². The molecule has 0 radical (unpaired) electrons. The summed E-state index contributed by atoms with van der Waals surface area (Å²) in [6.07, 6.45) is 3.47. The fourth-order valence-electron chi connectivity index (χ4n) is 7.47. The van der Waals surface area contributed by atoms with Crippen LogP contribution in [-0.4, -0.2) is 96.1 Å². The number of aromatic nitrogens is 2. The predicted molar refractivity (Wildman–Crippen MR) is 220 cm³/mol. The molecule has 0 spiro atoms. The number of hydrogen-bond acceptors (Lipinski definition) is 12. The van der Waals surface area contributed by atoms with Gasteiger partial charge in [-0.15, -0.1) is 0 Å². The zero-order chi connectivity index (χ0) is 39.9. The lowest BCUT2D eigenvalue weighted by Crippen LogP contribution is -2.54. The molecule has 2 fully saturated rings.